The van der Waals surface area contributed by atoms with Gasteiger partial charge in [-0.15, -0.1) is 0 Å². The Hall–Kier alpha value is -3.20. The van der Waals surface area contributed by atoms with Gasteiger partial charge in [-0.1, -0.05) is 6.07 Å². The van der Waals surface area contributed by atoms with Crippen molar-refractivity contribution in [2.24, 2.45) is 5.92 Å². The van der Waals surface area contributed by atoms with Crippen LogP contribution in [0.15, 0.2) is 59.6 Å². The second kappa shape index (κ2) is 8.14. The lowest BCUT2D eigenvalue weighted by Gasteiger charge is -2.16. The van der Waals surface area contributed by atoms with Crippen molar-refractivity contribution in [2.75, 3.05) is 10.0 Å². The van der Waals surface area contributed by atoms with Crippen molar-refractivity contribution in [2.45, 2.75) is 37.6 Å². The molecule has 1 fully saturated rings. The maximum Gasteiger partial charge on any atom is 0.262 e. The molecule has 162 valence electrons. The number of aryl methyl sites for hydroxylation is 1. The van der Waals surface area contributed by atoms with E-state index in [9.17, 15) is 17.6 Å². The quantitative estimate of drug-likeness (QED) is 0.569. The van der Waals surface area contributed by atoms with Crippen molar-refractivity contribution in [1.29, 1.82) is 0 Å². The number of anilines is 2. The predicted octanol–water partition coefficient (Wildman–Crippen LogP) is 4.35. The van der Waals surface area contributed by atoms with E-state index in [0.717, 1.165) is 12.8 Å². The van der Waals surface area contributed by atoms with E-state index in [4.69, 9.17) is 0 Å². The number of rotatable bonds is 7. The number of sulfonamides is 1. The summed E-state index contributed by atoms with van der Waals surface area (Å²) in [6.45, 7) is 3.71. The Morgan fingerprint density at radius 2 is 1.87 bits per heavy atom. The monoisotopic (exact) mass is 442 g/mol. The number of aromatic nitrogens is 2. The van der Waals surface area contributed by atoms with Crippen LogP contribution in [0, 0.1) is 18.7 Å². The molecule has 1 heterocycles. The maximum atomic E-state index is 13.1. The summed E-state index contributed by atoms with van der Waals surface area (Å²) in [4.78, 5) is 12.8. The molecule has 2 N–H and O–H groups in total. The van der Waals surface area contributed by atoms with Crippen molar-refractivity contribution in [1.82, 2.24) is 9.78 Å². The Balaban J connectivity index is 1.57. The summed E-state index contributed by atoms with van der Waals surface area (Å²) in [5.74, 6) is 0.235. The summed E-state index contributed by atoms with van der Waals surface area (Å²) < 4.78 is 43.1. The number of halogens is 1. The van der Waals surface area contributed by atoms with Gasteiger partial charge >= 0.3 is 0 Å². The van der Waals surface area contributed by atoms with Crippen LogP contribution in [-0.4, -0.2) is 24.1 Å². The highest BCUT2D eigenvalue weighted by atomic mass is 32.2. The molecule has 7 nitrogen and oxygen atoms in total. The lowest BCUT2D eigenvalue weighted by Crippen LogP contribution is -2.20. The van der Waals surface area contributed by atoms with Gasteiger partial charge in [-0.05, 0) is 74.6 Å². The van der Waals surface area contributed by atoms with Crippen LogP contribution in [0.25, 0.3) is 0 Å². The van der Waals surface area contributed by atoms with Crippen molar-refractivity contribution in [3.63, 3.8) is 0 Å². The van der Waals surface area contributed by atoms with Crippen molar-refractivity contribution < 1.29 is 17.6 Å². The first-order chi connectivity index (χ1) is 14.7. The number of nitrogens with one attached hydrogen (secondary N) is 2. The van der Waals surface area contributed by atoms with Gasteiger partial charge in [-0.2, -0.15) is 5.10 Å². The molecule has 1 aromatic heterocycles. The fraction of sp³-hybridized carbons (Fsp3) is 0.273. The SMILES string of the molecule is Cc1ccc(C(=O)Nc2ccnn2C(C)C2CC2)cc1S(=O)(=O)Nc1ccc(F)cc1. The minimum atomic E-state index is -3.97. The van der Waals surface area contributed by atoms with E-state index < -0.39 is 21.7 Å². The van der Waals surface area contributed by atoms with E-state index in [1.165, 1.54) is 30.3 Å². The summed E-state index contributed by atoms with van der Waals surface area (Å²) in [7, 11) is -3.97. The fourth-order valence-electron chi connectivity index (χ4n) is 3.46. The molecule has 1 aliphatic rings. The molecule has 9 heteroatoms. The summed E-state index contributed by atoms with van der Waals surface area (Å²) >= 11 is 0. The van der Waals surface area contributed by atoms with Gasteiger partial charge in [0.2, 0.25) is 0 Å². The van der Waals surface area contributed by atoms with Gasteiger partial charge in [0.1, 0.15) is 11.6 Å². The molecular formula is C22H23FN4O3S. The molecule has 3 aromatic rings. The lowest BCUT2D eigenvalue weighted by molar-refractivity contribution is 0.102. The normalized spacial score (nSPS) is 14.8. The van der Waals surface area contributed by atoms with E-state index in [1.807, 2.05) is 0 Å². The van der Waals surface area contributed by atoms with Crippen molar-refractivity contribution >= 4 is 27.4 Å². The highest BCUT2D eigenvalue weighted by Gasteiger charge is 2.31. The van der Waals surface area contributed by atoms with E-state index in [1.54, 1.807) is 36.0 Å². The molecule has 4 rings (SSSR count). The third-order valence-electron chi connectivity index (χ3n) is 5.44. The third kappa shape index (κ3) is 4.61. The average molecular weight is 443 g/mol. The largest absolute Gasteiger partial charge is 0.307 e. The Kier molecular flexibility index (Phi) is 5.53. The topological polar surface area (TPSA) is 93.1 Å². The fourth-order valence-corrected chi connectivity index (χ4v) is 4.79. The van der Waals surface area contributed by atoms with Crippen LogP contribution in [0.3, 0.4) is 0 Å². The van der Waals surface area contributed by atoms with Crippen molar-refractivity contribution in [3.05, 3.63) is 71.7 Å². The number of amides is 1. The van der Waals surface area contributed by atoms with E-state index >= 15 is 0 Å². The summed E-state index contributed by atoms with van der Waals surface area (Å²) in [6.07, 6.45) is 3.93. The van der Waals surface area contributed by atoms with Gasteiger partial charge in [0, 0.05) is 17.3 Å². The minimum Gasteiger partial charge on any atom is -0.307 e. The molecule has 0 aliphatic heterocycles. The number of hydrogen-bond donors (Lipinski definition) is 2. The van der Waals surface area contributed by atoms with Crippen LogP contribution in [-0.2, 0) is 10.0 Å². The maximum absolute atomic E-state index is 13.1. The molecule has 1 atom stereocenters. The van der Waals surface area contributed by atoms with Gasteiger partial charge in [-0.3, -0.25) is 9.52 Å². The van der Waals surface area contributed by atoms with Crippen molar-refractivity contribution in [3.8, 4) is 0 Å². The van der Waals surface area contributed by atoms with Crippen LogP contribution in [0.1, 0.15) is 41.7 Å². The molecule has 0 radical (unpaired) electrons. The van der Waals surface area contributed by atoms with Crippen LogP contribution in [0.5, 0.6) is 0 Å². The summed E-state index contributed by atoms with van der Waals surface area (Å²) in [6, 6.07) is 11.4. The zero-order chi connectivity index (χ0) is 22.2. The molecule has 1 saturated carbocycles. The molecule has 0 bridgehead atoms. The van der Waals surface area contributed by atoms with Gasteiger partial charge in [0.25, 0.3) is 15.9 Å². The average Bonchev–Trinajstić information content (AvgIpc) is 3.48. The number of benzene rings is 2. The molecule has 0 spiro atoms. The standard InChI is InChI=1S/C22H23FN4O3S/c1-14-3-4-17(13-20(14)31(29,30)26-19-9-7-18(23)8-10-19)22(28)25-21-11-12-24-27(21)15(2)16-5-6-16/h3-4,7-13,15-16,26H,5-6H2,1-2H3,(H,25,28). The zero-order valence-electron chi connectivity index (χ0n) is 17.2. The molecule has 1 amide bonds. The second-order valence-corrected chi connectivity index (χ2v) is 9.44. The smallest absolute Gasteiger partial charge is 0.262 e. The first kappa shape index (κ1) is 21.0. The molecule has 2 aromatic carbocycles. The molecular weight excluding hydrogens is 419 g/mol. The molecule has 0 saturated heterocycles. The number of hydrogen-bond acceptors (Lipinski definition) is 4. The lowest BCUT2D eigenvalue weighted by atomic mass is 10.1. The van der Waals surface area contributed by atoms with Gasteiger partial charge < -0.3 is 5.32 Å². The Morgan fingerprint density at radius 3 is 2.55 bits per heavy atom. The number of carbonyl (C=O) groups is 1. The number of nitrogens with zero attached hydrogens (tertiary/aromatic N) is 2. The molecule has 31 heavy (non-hydrogen) atoms. The molecule has 1 aliphatic carbocycles. The van der Waals surface area contributed by atoms with Crippen LogP contribution < -0.4 is 10.0 Å². The van der Waals surface area contributed by atoms with E-state index in [-0.39, 0.29) is 22.2 Å². The Morgan fingerprint density at radius 1 is 1.16 bits per heavy atom. The first-order valence-electron chi connectivity index (χ1n) is 9.98. The summed E-state index contributed by atoms with van der Waals surface area (Å²) in [5, 5.41) is 7.15. The van der Waals surface area contributed by atoms with Gasteiger partial charge in [-0.25, -0.2) is 17.5 Å². The third-order valence-corrected chi connectivity index (χ3v) is 6.96. The van der Waals surface area contributed by atoms with Crippen LogP contribution in [0.4, 0.5) is 15.9 Å². The first-order valence-corrected chi connectivity index (χ1v) is 11.5. The van der Waals surface area contributed by atoms with Crippen LogP contribution in [0.2, 0.25) is 0 Å². The Labute approximate surface area is 180 Å². The van der Waals surface area contributed by atoms with E-state index in [0.29, 0.717) is 17.3 Å². The minimum absolute atomic E-state index is 0.0238. The zero-order valence-corrected chi connectivity index (χ0v) is 18.0. The van der Waals surface area contributed by atoms with Crippen LogP contribution >= 0.6 is 0 Å². The highest BCUT2D eigenvalue weighted by Crippen LogP contribution is 2.40. The predicted molar refractivity (Wildman–Crippen MR) is 116 cm³/mol. The number of carbonyl (C=O) groups excluding carboxylic acids is 1. The second-order valence-electron chi connectivity index (χ2n) is 7.79. The molecule has 1 unspecified atom stereocenters. The van der Waals surface area contributed by atoms with Gasteiger partial charge in [0.05, 0.1) is 17.1 Å². The van der Waals surface area contributed by atoms with E-state index in [2.05, 4.69) is 22.1 Å². The van der Waals surface area contributed by atoms with Gasteiger partial charge in [0.15, 0.2) is 0 Å². The summed E-state index contributed by atoms with van der Waals surface area (Å²) in [5.41, 5.74) is 0.920. The highest BCUT2D eigenvalue weighted by molar-refractivity contribution is 7.92. The Bertz CT molecular complexity index is 1220.